The number of carbonyl (C=O) groups excluding carboxylic acids is 2. The fraction of sp³-hybridized carbons (Fsp3) is 0.312. The molecule has 3 aromatic rings. The minimum absolute atomic E-state index is 0.00137. The van der Waals surface area contributed by atoms with E-state index in [1.54, 1.807) is 19.2 Å². The van der Waals surface area contributed by atoms with Crippen molar-refractivity contribution in [2.24, 2.45) is 0 Å². The maximum Gasteiger partial charge on any atom is 0.300 e. The van der Waals surface area contributed by atoms with Gasteiger partial charge in [-0.2, -0.15) is 0 Å². The van der Waals surface area contributed by atoms with Gasteiger partial charge in [-0.05, 0) is 91.9 Å². The quantitative estimate of drug-likeness (QED) is 0.202. The lowest BCUT2D eigenvalue weighted by Gasteiger charge is -2.27. The largest absolute Gasteiger partial charge is 0.508 e. The van der Waals surface area contributed by atoms with Gasteiger partial charge in [0.15, 0.2) is 0 Å². The first kappa shape index (κ1) is 27.8. The number of anilines is 2. The number of carbonyl (C=O) groups is 2. The van der Waals surface area contributed by atoms with Crippen molar-refractivity contribution in [3.63, 3.8) is 0 Å². The molecule has 7 heteroatoms. The van der Waals surface area contributed by atoms with Crippen molar-refractivity contribution in [3.8, 4) is 11.5 Å². The number of phenolic OH excluding ortho intramolecular Hbond substituents is 1. The molecule has 0 aromatic heterocycles. The van der Waals surface area contributed by atoms with E-state index in [1.165, 1.54) is 17.0 Å². The summed E-state index contributed by atoms with van der Waals surface area (Å²) < 4.78 is 5.55. The Morgan fingerprint density at radius 2 is 1.62 bits per heavy atom. The van der Waals surface area contributed by atoms with Gasteiger partial charge in [0.1, 0.15) is 17.3 Å². The van der Waals surface area contributed by atoms with Crippen molar-refractivity contribution in [1.82, 2.24) is 0 Å². The van der Waals surface area contributed by atoms with Crippen molar-refractivity contribution in [2.75, 3.05) is 30.0 Å². The fourth-order valence-corrected chi connectivity index (χ4v) is 5.21. The highest BCUT2D eigenvalue weighted by Gasteiger charge is 2.47. The van der Waals surface area contributed by atoms with Crippen molar-refractivity contribution in [1.29, 1.82) is 0 Å². The summed E-state index contributed by atoms with van der Waals surface area (Å²) in [5.41, 5.74) is 4.22. The number of benzene rings is 3. The Kier molecular flexibility index (Phi) is 8.00. The van der Waals surface area contributed by atoms with Crippen molar-refractivity contribution in [3.05, 3.63) is 88.5 Å². The van der Waals surface area contributed by atoms with Gasteiger partial charge >= 0.3 is 0 Å². The van der Waals surface area contributed by atoms with Crippen molar-refractivity contribution >= 4 is 28.8 Å². The van der Waals surface area contributed by atoms with E-state index < -0.39 is 17.7 Å². The molecule has 1 aliphatic rings. The van der Waals surface area contributed by atoms with Gasteiger partial charge in [0.05, 0.1) is 18.7 Å². The Bertz CT molecular complexity index is 1400. The lowest BCUT2D eigenvalue weighted by atomic mass is 9.91. The number of aryl methyl sites for hydroxylation is 1. The zero-order valence-electron chi connectivity index (χ0n) is 23.4. The monoisotopic (exact) mass is 528 g/mol. The maximum atomic E-state index is 13.6. The molecule has 1 saturated heterocycles. The number of aliphatic hydroxyl groups is 1. The highest BCUT2D eigenvalue weighted by Crippen LogP contribution is 2.44. The molecule has 7 nitrogen and oxygen atoms in total. The summed E-state index contributed by atoms with van der Waals surface area (Å²) in [5.74, 6) is -0.864. The van der Waals surface area contributed by atoms with E-state index in [0.29, 0.717) is 28.1 Å². The Hall–Kier alpha value is -4.26. The maximum absolute atomic E-state index is 13.6. The number of rotatable bonds is 8. The first-order valence-corrected chi connectivity index (χ1v) is 13.3. The van der Waals surface area contributed by atoms with Crippen LogP contribution in [0.4, 0.5) is 11.4 Å². The molecule has 0 bridgehead atoms. The Morgan fingerprint density at radius 1 is 1.00 bits per heavy atom. The van der Waals surface area contributed by atoms with Crippen LogP contribution in [-0.2, 0) is 9.59 Å². The third-order valence-corrected chi connectivity index (χ3v) is 7.36. The lowest BCUT2D eigenvalue weighted by Crippen LogP contribution is -2.29. The first-order chi connectivity index (χ1) is 18.6. The smallest absolute Gasteiger partial charge is 0.300 e. The molecular weight excluding hydrogens is 492 g/mol. The summed E-state index contributed by atoms with van der Waals surface area (Å²) in [7, 11) is 1.60. The molecule has 1 fully saturated rings. The van der Waals surface area contributed by atoms with Gasteiger partial charge in [0.2, 0.25) is 0 Å². The second-order valence-corrected chi connectivity index (χ2v) is 10.0. The Labute approximate surface area is 230 Å². The highest BCUT2D eigenvalue weighted by molar-refractivity contribution is 6.51. The molecule has 0 saturated carbocycles. The topological polar surface area (TPSA) is 90.3 Å². The van der Waals surface area contributed by atoms with Gasteiger partial charge in [-0.25, -0.2) is 0 Å². The number of amides is 1. The van der Waals surface area contributed by atoms with Crippen LogP contribution in [0, 0.1) is 6.92 Å². The molecule has 1 atom stereocenters. The summed E-state index contributed by atoms with van der Waals surface area (Å²) in [6.45, 7) is 11.7. The van der Waals surface area contributed by atoms with E-state index in [2.05, 4.69) is 18.7 Å². The standard InChI is InChI=1S/C32H36N2O5/c1-7-33(8-2)22-11-13-23(14-12-22)34-29(21-9-15-24(35)16-10-21)28(31(37)32(34)38)30(36)26-18-25(19(3)4)27(39-6)17-20(26)5/h9-19,29,35-36H,7-8H2,1-6H3/b30-28+. The second kappa shape index (κ2) is 11.2. The molecule has 0 spiro atoms. The summed E-state index contributed by atoms with van der Waals surface area (Å²) >= 11 is 0. The van der Waals surface area contributed by atoms with E-state index in [-0.39, 0.29) is 23.0 Å². The number of ketones is 1. The third kappa shape index (κ3) is 5.09. The predicted octanol–water partition coefficient (Wildman–Crippen LogP) is 6.31. The predicted molar refractivity (Wildman–Crippen MR) is 155 cm³/mol. The van der Waals surface area contributed by atoms with Crippen LogP contribution in [0.15, 0.2) is 66.2 Å². The van der Waals surface area contributed by atoms with Crippen LogP contribution >= 0.6 is 0 Å². The number of hydrogen-bond acceptors (Lipinski definition) is 6. The molecule has 1 unspecified atom stereocenters. The number of phenols is 1. The summed E-state index contributed by atoms with van der Waals surface area (Å²) in [4.78, 5) is 30.7. The van der Waals surface area contributed by atoms with Gasteiger partial charge in [0.25, 0.3) is 11.7 Å². The number of Topliss-reactive ketones (excluding diaryl/α,β-unsaturated/α-hetero) is 1. The van der Waals surface area contributed by atoms with E-state index in [4.69, 9.17) is 4.74 Å². The summed E-state index contributed by atoms with van der Waals surface area (Å²) in [6.07, 6.45) is 0. The van der Waals surface area contributed by atoms with Crippen LogP contribution in [-0.4, -0.2) is 42.1 Å². The number of ether oxygens (including phenoxy) is 1. The summed E-state index contributed by atoms with van der Waals surface area (Å²) in [5, 5.41) is 21.6. The van der Waals surface area contributed by atoms with Gasteiger partial charge in [-0.1, -0.05) is 26.0 Å². The summed E-state index contributed by atoms with van der Waals surface area (Å²) in [6, 6.07) is 16.6. The second-order valence-electron chi connectivity index (χ2n) is 10.0. The van der Waals surface area contributed by atoms with E-state index >= 15 is 0 Å². The van der Waals surface area contributed by atoms with E-state index in [9.17, 15) is 19.8 Å². The van der Waals surface area contributed by atoms with Gasteiger partial charge in [0, 0.05) is 30.0 Å². The highest BCUT2D eigenvalue weighted by atomic mass is 16.5. The van der Waals surface area contributed by atoms with Crippen LogP contribution < -0.4 is 14.5 Å². The molecule has 3 aromatic carbocycles. The average molecular weight is 529 g/mol. The third-order valence-electron chi connectivity index (χ3n) is 7.36. The van der Waals surface area contributed by atoms with Crippen LogP contribution in [0.5, 0.6) is 11.5 Å². The molecule has 1 aliphatic heterocycles. The molecule has 0 radical (unpaired) electrons. The van der Waals surface area contributed by atoms with Crippen molar-refractivity contribution < 1.29 is 24.5 Å². The van der Waals surface area contributed by atoms with E-state index in [1.807, 2.05) is 57.2 Å². The Morgan fingerprint density at radius 3 is 2.15 bits per heavy atom. The van der Waals surface area contributed by atoms with Crippen LogP contribution in [0.3, 0.4) is 0 Å². The average Bonchev–Trinajstić information content (AvgIpc) is 3.19. The minimum Gasteiger partial charge on any atom is -0.508 e. The fourth-order valence-electron chi connectivity index (χ4n) is 5.21. The number of methoxy groups -OCH3 is 1. The van der Waals surface area contributed by atoms with Crippen molar-refractivity contribution in [2.45, 2.75) is 46.6 Å². The molecule has 204 valence electrons. The number of aliphatic hydroxyl groups excluding tert-OH is 1. The lowest BCUT2D eigenvalue weighted by molar-refractivity contribution is -0.132. The van der Waals surface area contributed by atoms with Gasteiger partial charge in [-0.15, -0.1) is 0 Å². The molecule has 0 aliphatic carbocycles. The molecule has 4 rings (SSSR count). The van der Waals surface area contributed by atoms with E-state index in [0.717, 1.165) is 24.3 Å². The van der Waals surface area contributed by atoms with Crippen LogP contribution in [0.25, 0.3) is 5.76 Å². The number of aromatic hydroxyl groups is 1. The molecule has 2 N–H and O–H groups in total. The van der Waals surface area contributed by atoms with Crippen LogP contribution in [0.1, 0.15) is 61.9 Å². The molecule has 39 heavy (non-hydrogen) atoms. The first-order valence-electron chi connectivity index (χ1n) is 13.3. The Balaban J connectivity index is 1.92. The van der Waals surface area contributed by atoms with Gasteiger partial charge < -0.3 is 19.8 Å². The van der Waals surface area contributed by atoms with Gasteiger partial charge in [-0.3, -0.25) is 14.5 Å². The zero-order valence-corrected chi connectivity index (χ0v) is 23.4. The minimum atomic E-state index is -0.881. The molecule has 1 heterocycles. The van der Waals surface area contributed by atoms with Crippen LogP contribution in [0.2, 0.25) is 0 Å². The molecule has 1 amide bonds. The number of hydrogen-bond donors (Lipinski definition) is 2. The SMILES string of the molecule is CCN(CC)c1ccc(N2C(=O)C(=O)/C(=C(/O)c3cc(C(C)C)c(OC)cc3C)C2c2ccc(O)cc2)cc1. The number of nitrogens with zero attached hydrogens (tertiary/aromatic N) is 2. The zero-order chi connectivity index (χ0) is 28.4. The normalized spacial score (nSPS) is 16.7. The molecular formula is C32H36N2O5.